The average Bonchev–Trinajstić information content (AvgIpc) is 2.69. The van der Waals surface area contributed by atoms with E-state index in [9.17, 15) is 0 Å². The van der Waals surface area contributed by atoms with Gasteiger partial charge >= 0.3 is 0 Å². The number of hydrogen-bond acceptors (Lipinski definition) is 1. The first-order valence-electron chi connectivity index (χ1n) is 7.31. The Labute approximate surface area is 118 Å². The van der Waals surface area contributed by atoms with E-state index >= 15 is 0 Å². The van der Waals surface area contributed by atoms with Crippen LogP contribution < -0.4 is 5.32 Å². The van der Waals surface area contributed by atoms with Crippen molar-refractivity contribution in [3.63, 3.8) is 0 Å². The molecule has 0 amide bonds. The van der Waals surface area contributed by atoms with Gasteiger partial charge in [0, 0.05) is 29.6 Å². The van der Waals surface area contributed by atoms with Crippen molar-refractivity contribution in [3.8, 4) is 11.1 Å². The zero-order valence-corrected chi connectivity index (χ0v) is 11.4. The van der Waals surface area contributed by atoms with Crippen LogP contribution in [0.15, 0.2) is 48.5 Å². The second-order valence-corrected chi connectivity index (χ2v) is 5.46. The summed E-state index contributed by atoms with van der Waals surface area (Å²) in [7, 11) is 0. The van der Waals surface area contributed by atoms with E-state index in [2.05, 4.69) is 58.8 Å². The number of aromatic amines is 1. The van der Waals surface area contributed by atoms with Gasteiger partial charge in [0.05, 0.1) is 0 Å². The molecule has 1 aromatic heterocycles. The number of rotatable bonds is 1. The van der Waals surface area contributed by atoms with Gasteiger partial charge < -0.3 is 10.3 Å². The van der Waals surface area contributed by atoms with Gasteiger partial charge in [-0.2, -0.15) is 0 Å². The number of H-pyrrole nitrogens is 1. The van der Waals surface area contributed by atoms with Crippen molar-refractivity contribution in [2.75, 3.05) is 13.1 Å². The molecule has 0 spiro atoms. The maximum atomic E-state index is 3.59. The lowest BCUT2D eigenvalue weighted by molar-refractivity contribution is 0.708. The third kappa shape index (κ3) is 1.93. The molecular weight excluding hydrogens is 244 g/mol. The lowest BCUT2D eigenvalue weighted by atomic mass is 10.0. The highest BCUT2D eigenvalue weighted by atomic mass is 14.9. The fourth-order valence-electron chi connectivity index (χ4n) is 3.16. The first kappa shape index (κ1) is 11.7. The molecule has 1 aliphatic rings. The van der Waals surface area contributed by atoms with Gasteiger partial charge in [0.15, 0.2) is 0 Å². The van der Waals surface area contributed by atoms with Crippen LogP contribution in [0.3, 0.4) is 0 Å². The molecule has 0 saturated heterocycles. The molecule has 3 aromatic rings. The minimum atomic E-state index is 1.07. The molecule has 0 bridgehead atoms. The summed E-state index contributed by atoms with van der Waals surface area (Å²) in [6, 6.07) is 17.4. The van der Waals surface area contributed by atoms with E-state index < -0.39 is 0 Å². The number of hydrogen-bond donors (Lipinski definition) is 2. The Balaban J connectivity index is 1.88. The van der Waals surface area contributed by atoms with Crippen molar-refractivity contribution in [2.24, 2.45) is 0 Å². The van der Waals surface area contributed by atoms with E-state index in [-0.39, 0.29) is 0 Å². The molecule has 0 aliphatic carbocycles. The summed E-state index contributed by atoms with van der Waals surface area (Å²) in [4.78, 5) is 3.59. The van der Waals surface area contributed by atoms with Crippen molar-refractivity contribution >= 4 is 10.9 Å². The number of aromatic nitrogens is 1. The van der Waals surface area contributed by atoms with Gasteiger partial charge in [-0.25, -0.2) is 0 Å². The Kier molecular flexibility index (Phi) is 2.82. The van der Waals surface area contributed by atoms with Crippen LogP contribution in [-0.2, 0) is 12.8 Å². The van der Waals surface area contributed by atoms with Crippen molar-refractivity contribution in [3.05, 3.63) is 59.8 Å². The lowest BCUT2D eigenvalue weighted by Gasteiger charge is -2.03. The molecule has 20 heavy (non-hydrogen) atoms. The molecule has 2 heterocycles. The molecule has 1 aliphatic heterocycles. The Morgan fingerprint density at radius 1 is 0.800 bits per heavy atom. The Hall–Kier alpha value is -2.06. The molecule has 0 unspecified atom stereocenters. The highest BCUT2D eigenvalue weighted by molar-refractivity contribution is 5.89. The number of fused-ring (bicyclic) bond motifs is 3. The van der Waals surface area contributed by atoms with Gasteiger partial charge in [-0.15, -0.1) is 0 Å². The molecule has 0 atom stereocenters. The quantitative estimate of drug-likeness (QED) is 0.690. The minimum Gasteiger partial charge on any atom is -0.358 e. The summed E-state index contributed by atoms with van der Waals surface area (Å²) in [6.45, 7) is 2.15. The van der Waals surface area contributed by atoms with E-state index in [1.807, 2.05) is 0 Å². The van der Waals surface area contributed by atoms with Crippen molar-refractivity contribution in [2.45, 2.75) is 12.8 Å². The van der Waals surface area contributed by atoms with Crippen LogP contribution in [0.1, 0.15) is 11.3 Å². The second kappa shape index (κ2) is 4.80. The van der Waals surface area contributed by atoms with E-state index in [1.165, 1.54) is 33.3 Å². The standard InChI is InChI=1S/C18H18N2/c1-2-4-13(5-3-1)14-6-7-17-16(12-14)15-8-10-19-11-9-18(15)20-17/h1-7,12,19-20H,8-11H2. The normalized spacial score (nSPS) is 15.0. The Bertz CT molecular complexity index is 741. The smallest absolute Gasteiger partial charge is 0.0459 e. The first-order chi connectivity index (χ1) is 9.92. The molecule has 2 nitrogen and oxygen atoms in total. The molecule has 0 fully saturated rings. The van der Waals surface area contributed by atoms with Gasteiger partial charge in [-0.05, 0) is 41.8 Å². The number of nitrogens with one attached hydrogen (secondary N) is 2. The van der Waals surface area contributed by atoms with Crippen molar-refractivity contribution in [1.29, 1.82) is 0 Å². The van der Waals surface area contributed by atoms with Gasteiger partial charge in [-0.1, -0.05) is 36.4 Å². The summed E-state index contributed by atoms with van der Waals surface area (Å²) in [6.07, 6.45) is 2.22. The number of benzene rings is 2. The van der Waals surface area contributed by atoms with Gasteiger partial charge in [0.2, 0.25) is 0 Å². The average molecular weight is 262 g/mol. The van der Waals surface area contributed by atoms with Crippen LogP contribution in [0, 0.1) is 0 Å². The summed E-state index contributed by atoms with van der Waals surface area (Å²) in [5.41, 5.74) is 6.78. The van der Waals surface area contributed by atoms with E-state index in [1.54, 1.807) is 0 Å². The molecule has 2 heteroatoms. The fraction of sp³-hybridized carbons (Fsp3) is 0.222. The summed E-state index contributed by atoms with van der Waals surface area (Å²) in [5, 5.41) is 4.86. The van der Waals surface area contributed by atoms with Gasteiger partial charge in [-0.3, -0.25) is 0 Å². The molecule has 0 saturated carbocycles. The van der Waals surface area contributed by atoms with Crippen LogP contribution in [0.4, 0.5) is 0 Å². The monoisotopic (exact) mass is 262 g/mol. The lowest BCUT2D eigenvalue weighted by Crippen LogP contribution is -2.16. The van der Waals surface area contributed by atoms with Gasteiger partial charge in [0.1, 0.15) is 0 Å². The Morgan fingerprint density at radius 2 is 1.65 bits per heavy atom. The molecular formula is C18H18N2. The largest absolute Gasteiger partial charge is 0.358 e. The van der Waals surface area contributed by atoms with Crippen LogP contribution in [0.5, 0.6) is 0 Å². The summed E-state index contributed by atoms with van der Waals surface area (Å²) in [5.74, 6) is 0. The van der Waals surface area contributed by atoms with Gasteiger partial charge in [0.25, 0.3) is 0 Å². The van der Waals surface area contributed by atoms with Crippen molar-refractivity contribution < 1.29 is 0 Å². The zero-order chi connectivity index (χ0) is 13.4. The second-order valence-electron chi connectivity index (χ2n) is 5.46. The van der Waals surface area contributed by atoms with Crippen LogP contribution >= 0.6 is 0 Å². The van der Waals surface area contributed by atoms with Crippen LogP contribution in [-0.4, -0.2) is 18.1 Å². The zero-order valence-electron chi connectivity index (χ0n) is 11.4. The predicted molar refractivity (Wildman–Crippen MR) is 84.0 cm³/mol. The highest BCUT2D eigenvalue weighted by Gasteiger charge is 2.14. The van der Waals surface area contributed by atoms with Crippen LogP contribution in [0.25, 0.3) is 22.0 Å². The maximum Gasteiger partial charge on any atom is 0.0459 e. The summed E-state index contributed by atoms with van der Waals surface area (Å²) < 4.78 is 0. The minimum absolute atomic E-state index is 1.07. The molecule has 2 aromatic carbocycles. The molecule has 2 N–H and O–H groups in total. The SMILES string of the molecule is c1ccc(-c2ccc3[nH]c4c(c3c2)CCNCC4)cc1. The van der Waals surface area contributed by atoms with Crippen molar-refractivity contribution in [1.82, 2.24) is 10.3 Å². The summed E-state index contributed by atoms with van der Waals surface area (Å²) >= 11 is 0. The fourth-order valence-corrected chi connectivity index (χ4v) is 3.16. The maximum absolute atomic E-state index is 3.59. The van der Waals surface area contributed by atoms with E-state index in [4.69, 9.17) is 0 Å². The molecule has 0 radical (unpaired) electrons. The van der Waals surface area contributed by atoms with E-state index in [0.29, 0.717) is 0 Å². The topological polar surface area (TPSA) is 27.8 Å². The van der Waals surface area contributed by atoms with E-state index in [0.717, 1.165) is 25.9 Å². The molecule has 4 rings (SSSR count). The van der Waals surface area contributed by atoms with Crippen LogP contribution in [0.2, 0.25) is 0 Å². The highest BCUT2D eigenvalue weighted by Crippen LogP contribution is 2.29. The third-order valence-corrected chi connectivity index (χ3v) is 4.21. The Morgan fingerprint density at radius 3 is 2.55 bits per heavy atom. The third-order valence-electron chi connectivity index (χ3n) is 4.21. The molecule has 100 valence electrons. The first-order valence-corrected chi connectivity index (χ1v) is 7.31. The predicted octanol–water partition coefficient (Wildman–Crippen LogP) is 3.52.